The summed E-state index contributed by atoms with van der Waals surface area (Å²) in [6, 6.07) is 6.85. The average Bonchev–Trinajstić information content (AvgIpc) is 2.49. The highest BCUT2D eigenvalue weighted by Crippen LogP contribution is 2.37. The van der Waals surface area contributed by atoms with Crippen LogP contribution in [0.3, 0.4) is 0 Å². The highest BCUT2D eigenvalue weighted by molar-refractivity contribution is 5.20. The summed E-state index contributed by atoms with van der Waals surface area (Å²) in [7, 11) is 0. The summed E-state index contributed by atoms with van der Waals surface area (Å²) < 4.78 is 13.9. The molecule has 0 heterocycles. The summed E-state index contributed by atoms with van der Waals surface area (Å²) in [6.07, 6.45) is 4.48. The largest absolute Gasteiger partial charge is 0.389 e. The van der Waals surface area contributed by atoms with Crippen molar-refractivity contribution in [2.45, 2.75) is 51.6 Å². The van der Waals surface area contributed by atoms with E-state index in [1.807, 2.05) is 6.07 Å². The van der Waals surface area contributed by atoms with E-state index in [4.69, 9.17) is 0 Å². The van der Waals surface area contributed by atoms with Crippen molar-refractivity contribution >= 4 is 0 Å². The zero-order valence-corrected chi connectivity index (χ0v) is 13.3. The monoisotopic (exact) mass is 293 g/mol. The van der Waals surface area contributed by atoms with E-state index >= 15 is 0 Å². The smallest absolute Gasteiger partial charge is 0.126 e. The van der Waals surface area contributed by atoms with Gasteiger partial charge in [-0.1, -0.05) is 44.9 Å². The molecule has 0 spiro atoms. The second kappa shape index (κ2) is 7.37. The number of nitrogens with zero attached hydrogens (tertiary/aromatic N) is 1. The SMILES string of the molecule is CCN(CC)C[C@H]1CCCC[C@]1(O)Cc1ccccc1F. The maximum atomic E-state index is 13.9. The van der Waals surface area contributed by atoms with E-state index in [1.165, 1.54) is 12.5 Å². The molecule has 0 aromatic heterocycles. The minimum atomic E-state index is -0.761. The van der Waals surface area contributed by atoms with Crippen LogP contribution in [0.1, 0.15) is 45.1 Å². The first kappa shape index (κ1) is 16.4. The Morgan fingerprint density at radius 1 is 1.24 bits per heavy atom. The predicted octanol–water partition coefficient (Wildman–Crippen LogP) is 3.63. The van der Waals surface area contributed by atoms with Gasteiger partial charge < -0.3 is 10.0 Å². The van der Waals surface area contributed by atoms with Gasteiger partial charge in [0.2, 0.25) is 0 Å². The molecule has 1 fully saturated rings. The van der Waals surface area contributed by atoms with Gasteiger partial charge in [0.05, 0.1) is 5.60 Å². The third-order valence-electron chi connectivity index (χ3n) is 5.00. The molecule has 1 N–H and O–H groups in total. The molecule has 1 aliphatic carbocycles. The molecule has 2 atom stereocenters. The molecule has 0 amide bonds. The van der Waals surface area contributed by atoms with Gasteiger partial charge in [-0.05, 0) is 37.6 Å². The average molecular weight is 293 g/mol. The van der Waals surface area contributed by atoms with Crippen molar-refractivity contribution in [1.82, 2.24) is 4.90 Å². The summed E-state index contributed by atoms with van der Waals surface area (Å²) in [4.78, 5) is 2.36. The summed E-state index contributed by atoms with van der Waals surface area (Å²) in [5, 5.41) is 11.2. The minimum absolute atomic E-state index is 0.196. The van der Waals surface area contributed by atoms with E-state index in [-0.39, 0.29) is 11.7 Å². The number of aliphatic hydroxyl groups is 1. The van der Waals surface area contributed by atoms with Crippen LogP contribution >= 0.6 is 0 Å². The third-order valence-corrected chi connectivity index (χ3v) is 5.00. The molecular weight excluding hydrogens is 265 g/mol. The fourth-order valence-corrected chi connectivity index (χ4v) is 3.55. The quantitative estimate of drug-likeness (QED) is 0.865. The first-order chi connectivity index (χ1) is 10.1. The fourth-order valence-electron chi connectivity index (χ4n) is 3.55. The standard InChI is InChI=1S/C18H28FNO/c1-3-20(4-2)14-16-10-7-8-12-18(16,21)13-15-9-5-6-11-17(15)19/h5-6,9,11,16,21H,3-4,7-8,10,12-14H2,1-2H3/t16-,18+/m1/s1. The molecule has 0 unspecified atom stereocenters. The van der Waals surface area contributed by atoms with Crippen LogP contribution in [0, 0.1) is 11.7 Å². The molecule has 0 aliphatic heterocycles. The molecule has 0 radical (unpaired) electrons. The Balaban J connectivity index is 2.13. The van der Waals surface area contributed by atoms with Gasteiger partial charge in [0, 0.05) is 18.9 Å². The summed E-state index contributed by atoms with van der Waals surface area (Å²) in [5.74, 6) is 0.0452. The Labute approximate surface area is 128 Å². The van der Waals surface area contributed by atoms with Crippen LogP contribution in [-0.4, -0.2) is 35.2 Å². The van der Waals surface area contributed by atoms with Crippen LogP contribution in [0.5, 0.6) is 0 Å². The van der Waals surface area contributed by atoms with Crippen molar-refractivity contribution in [2.24, 2.45) is 5.92 Å². The van der Waals surface area contributed by atoms with Gasteiger partial charge in [-0.25, -0.2) is 4.39 Å². The molecule has 1 aliphatic rings. The molecule has 2 nitrogen and oxygen atoms in total. The Morgan fingerprint density at radius 3 is 2.62 bits per heavy atom. The molecule has 118 valence electrons. The minimum Gasteiger partial charge on any atom is -0.389 e. The lowest BCUT2D eigenvalue weighted by atomic mass is 9.72. The maximum Gasteiger partial charge on any atom is 0.126 e. The lowest BCUT2D eigenvalue weighted by Crippen LogP contribution is -2.48. The van der Waals surface area contributed by atoms with E-state index in [0.717, 1.165) is 38.9 Å². The summed E-state index contributed by atoms with van der Waals surface area (Å²) in [5.41, 5.74) is -0.116. The predicted molar refractivity (Wildman–Crippen MR) is 84.8 cm³/mol. The first-order valence-electron chi connectivity index (χ1n) is 8.27. The van der Waals surface area contributed by atoms with Gasteiger partial charge in [0.15, 0.2) is 0 Å². The summed E-state index contributed by atoms with van der Waals surface area (Å²) in [6.45, 7) is 7.23. The first-order valence-corrected chi connectivity index (χ1v) is 8.27. The normalized spacial score (nSPS) is 26.2. The zero-order valence-electron chi connectivity index (χ0n) is 13.3. The van der Waals surface area contributed by atoms with E-state index in [0.29, 0.717) is 12.0 Å². The van der Waals surface area contributed by atoms with Gasteiger partial charge in [0.1, 0.15) is 5.82 Å². The number of rotatable bonds is 6. The maximum absolute atomic E-state index is 13.9. The highest BCUT2D eigenvalue weighted by Gasteiger charge is 2.39. The zero-order chi connectivity index (χ0) is 15.3. The van der Waals surface area contributed by atoms with E-state index in [1.54, 1.807) is 12.1 Å². The van der Waals surface area contributed by atoms with Crippen molar-refractivity contribution in [1.29, 1.82) is 0 Å². The van der Waals surface area contributed by atoms with Gasteiger partial charge in [-0.2, -0.15) is 0 Å². The lowest BCUT2D eigenvalue weighted by Gasteiger charge is -2.42. The number of halogens is 1. The molecule has 0 bridgehead atoms. The van der Waals surface area contributed by atoms with Crippen LogP contribution in [0.4, 0.5) is 4.39 Å². The van der Waals surface area contributed by atoms with Crippen molar-refractivity contribution in [3.05, 3.63) is 35.6 Å². The van der Waals surface area contributed by atoms with Gasteiger partial charge in [0.25, 0.3) is 0 Å². The molecular formula is C18H28FNO. The Bertz CT molecular complexity index is 447. The van der Waals surface area contributed by atoms with Crippen molar-refractivity contribution < 1.29 is 9.50 Å². The number of benzene rings is 1. The van der Waals surface area contributed by atoms with E-state index < -0.39 is 5.60 Å². The molecule has 3 heteroatoms. The number of hydrogen-bond donors (Lipinski definition) is 1. The van der Waals surface area contributed by atoms with Crippen LogP contribution in [0.15, 0.2) is 24.3 Å². The van der Waals surface area contributed by atoms with Crippen LogP contribution < -0.4 is 0 Å². The van der Waals surface area contributed by atoms with Crippen LogP contribution in [-0.2, 0) is 6.42 Å². The van der Waals surface area contributed by atoms with Gasteiger partial charge in [-0.15, -0.1) is 0 Å². The van der Waals surface area contributed by atoms with E-state index in [9.17, 15) is 9.50 Å². The third kappa shape index (κ3) is 4.04. The van der Waals surface area contributed by atoms with Crippen LogP contribution in [0.25, 0.3) is 0 Å². The Morgan fingerprint density at radius 2 is 1.95 bits per heavy atom. The Hall–Kier alpha value is -0.930. The van der Waals surface area contributed by atoms with Crippen molar-refractivity contribution in [3.63, 3.8) is 0 Å². The Kier molecular flexibility index (Phi) is 5.77. The topological polar surface area (TPSA) is 23.5 Å². The second-order valence-corrected chi connectivity index (χ2v) is 6.30. The molecule has 2 rings (SSSR count). The fraction of sp³-hybridized carbons (Fsp3) is 0.667. The summed E-state index contributed by atoms with van der Waals surface area (Å²) >= 11 is 0. The van der Waals surface area contributed by atoms with Gasteiger partial charge >= 0.3 is 0 Å². The second-order valence-electron chi connectivity index (χ2n) is 6.30. The molecule has 21 heavy (non-hydrogen) atoms. The molecule has 1 aromatic carbocycles. The van der Waals surface area contributed by atoms with Crippen molar-refractivity contribution in [2.75, 3.05) is 19.6 Å². The van der Waals surface area contributed by atoms with E-state index in [2.05, 4.69) is 18.7 Å². The number of hydrogen-bond acceptors (Lipinski definition) is 2. The van der Waals surface area contributed by atoms with Crippen molar-refractivity contribution in [3.8, 4) is 0 Å². The molecule has 1 aromatic rings. The van der Waals surface area contributed by atoms with Gasteiger partial charge in [-0.3, -0.25) is 0 Å². The molecule has 0 saturated heterocycles. The highest BCUT2D eigenvalue weighted by atomic mass is 19.1. The lowest BCUT2D eigenvalue weighted by molar-refractivity contribution is -0.0588. The molecule has 1 saturated carbocycles. The van der Waals surface area contributed by atoms with Crippen LogP contribution in [0.2, 0.25) is 0 Å².